The van der Waals surface area contributed by atoms with Gasteiger partial charge in [0.15, 0.2) is 5.78 Å². The van der Waals surface area contributed by atoms with Gasteiger partial charge in [-0.05, 0) is 23.6 Å². The van der Waals surface area contributed by atoms with E-state index < -0.39 is 4.33 Å². The Labute approximate surface area is 134 Å². The summed E-state index contributed by atoms with van der Waals surface area (Å²) < 4.78 is -0.626. The van der Waals surface area contributed by atoms with Crippen molar-refractivity contribution in [1.29, 1.82) is 0 Å². The highest BCUT2D eigenvalue weighted by molar-refractivity contribution is 6.51. The van der Waals surface area contributed by atoms with Crippen LogP contribution >= 0.6 is 23.2 Å². The number of carbonyl (C=O) groups excluding carboxylic acids is 1. The van der Waals surface area contributed by atoms with E-state index in [2.05, 4.69) is 0 Å². The zero-order valence-electron chi connectivity index (χ0n) is 11.3. The average Bonchev–Trinajstić information content (AvgIpc) is 3.15. The highest BCUT2D eigenvalue weighted by Crippen LogP contribution is 2.59. The molecule has 1 fully saturated rings. The van der Waals surface area contributed by atoms with Gasteiger partial charge in [0.2, 0.25) is 0 Å². The fourth-order valence-electron chi connectivity index (χ4n) is 2.29. The molecule has 2 aromatic rings. The average molecular weight is 317 g/mol. The minimum absolute atomic E-state index is 0.00999. The summed E-state index contributed by atoms with van der Waals surface area (Å²) in [6.45, 7) is 0. The van der Waals surface area contributed by atoms with E-state index in [4.69, 9.17) is 23.2 Å². The lowest BCUT2D eigenvalue weighted by Crippen LogP contribution is -1.95. The first kappa shape index (κ1) is 14.4. The number of alkyl halides is 2. The highest BCUT2D eigenvalue weighted by Gasteiger charge is 2.52. The standard InChI is InChI=1S/C18H14Cl2O/c19-18(20)12-16(18)14-7-9-15(10-8-14)17(21)11-6-13-4-2-1-3-5-13/h1-11,16H,12H2/b11-6-/t16-/m1/s1. The van der Waals surface area contributed by atoms with E-state index in [1.165, 1.54) is 0 Å². The van der Waals surface area contributed by atoms with E-state index in [9.17, 15) is 4.79 Å². The molecule has 0 bridgehead atoms. The van der Waals surface area contributed by atoms with Crippen LogP contribution < -0.4 is 0 Å². The maximum Gasteiger partial charge on any atom is 0.185 e. The molecule has 0 unspecified atom stereocenters. The second-order valence-electron chi connectivity index (χ2n) is 5.25. The van der Waals surface area contributed by atoms with Gasteiger partial charge in [0.25, 0.3) is 0 Å². The number of allylic oxidation sites excluding steroid dienone is 1. The minimum atomic E-state index is -0.626. The Morgan fingerprint density at radius 2 is 1.67 bits per heavy atom. The minimum Gasteiger partial charge on any atom is -0.289 e. The first-order valence-electron chi connectivity index (χ1n) is 6.81. The molecule has 0 saturated heterocycles. The molecule has 1 aliphatic carbocycles. The quantitative estimate of drug-likeness (QED) is 0.428. The zero-order chi connectivity index (χ0) is 14.9. The van der Waals surface area contributed by atoms with Crippen molar-refractivity contribution in [1.82, 2.24) is 0 Å². The highest BCUT2D eigenvalue weighted by atomic mass is 35.5. The van der Waals surface area contributed by atoms with Crippen LogP contribution in [0.5, 0.6) is 0 Å². The van der Waals surface area contributed by atoms with Gasteiger partial charge in [-0.2, -0.15) is 0 Å². The molecular weight excluding hydrogens is 303 g/mol. The third-order valence-corrected chi connectivity index (χ3v) is 4.49. The molecule has 106 valence electrons. The van der Waals surface area contributed by atoms with Gasteiger partial charge in [-0.1, -0.05) is 60.7 Å². The van der Waals surface area contributed by atoms with Gasteiger partial charge in [-0.3, -0.25) is 4.79 Å². The number of hydrogen-bond donors (Lipinski definition) is 0. The van der Waals surface area contributed by atoms with Crippen molar-refractivity contribution >= 4 is 35.1 Å². The van der Waals surface area contributed by atoms with Crippen molar-refractivity contribution in [3.05, 3.63) is 77.4 Å². The number of ketones is 1. The van der Waals surface area contributed by atoms with Crippen LogP contribution in [0.4, 0.5) is 0 Å². The summed E-state index contributed by atoms with van der Waals surface area (Å²) >= 11 is 12.1. The Bertz CT molecular complexity index is 672. The first-order valence-corrected chi connectivity index (χ1v) is 7.57. The lowest BCUT2D eigenvalue weighted by Gasteiger charge is -2.02. The fourth-order valence-corrected chi connectivity index (χ4v) is 2.85. The Hall–Kier alpha value is -1.57. The summed E-state index contributed by atoms with van der Waals surface area (Å²) in [5.74, 6) is 0.175. The van der Waals surface area contributed by atoms with E-state index in [1.54, 1.807) is 6.08 Å². The molecule has 1 nitrogen and oxygen atoms in total. The van der Waals surface area contributed by atoms with Crippen molar-refractivity contribution in [3.63, 3.8) is 0 Å². The van der Waals surface area contributed by atoms with Crippen LogP contribution in [0.25, 0.3) is 6.08 Å². The molecule has 3 heteroatoms. The molecule has 0 spiro atoms. The van der Waals surface area contributed by atoms with Gasteiger partial charge in [-0.15, -0.1) is 23.2 Å². The third-order valence-electron chi connectivity index (χ3n) is 3.65. The predicted molar refractivity (Wildman–Crippen MR) is 88.0 cm³/mol. The van der Waals surface area contributed by atoms with Crippen LogP contribution in [0.2, 0.25) is 0 Å². The van der Waals surface area contributed by atoms with Crippen molar-refractivity contribution in [3.8, 4) is 0 Å². The summed E-state index contributed by atoms with van der Waals surface area (Å²) in [6.07, 6.45) is 4.19. The number of rotatable bonds is 4. The lowest BCUT2D eigenvalue weighted by atomic mass is 10.0. The van der Waals surface area contributed by atoms with Crippen molar-refractivity contribution in [2.75, 3.05) is 0 Å². The molecule has 0 amide bonds. The normalized spacial score (nSPS) is 19.6. The maximum atomic E-state index is 12.1. The molecule has 0 radical (unpaired) electrons. The van der Waals surface area contributed by atoms with Crippen LogP contribution in [-0.2, 0) is 0 Å². The number of benzene rings is 2. The number of halogens is 2. The second kappa shape index (κ2) is 5.67. The summed E-state index contributed by atoms with van der Waals surface area (Å²) in [6, 6.07) is 17.3. The number of carbonyl (C=O) groups is 1. The smallest absolute Gasteiger partial charge is 0.185 e. The fraction of sp³-hybridized carbons (Fsp3) is 0.167. The largest absolute Gasteiger partial charge is 0.289 e. The molecule has 21 heavy (non-hydrogen) atoms. The van der Waals surface area contributed by atoms with Crippen molar-refractivity contribution < 1.29 is 4.79 Å². The van der Waals surface area contributed by atoms with Gasteiger partial charge >= 0.3 is 0 Å². The Balaban J connectivity index is 1.69. The van der Waals surface area contributed by atoms with Crippen LogP contribution in [0.1, 0.15) is 33.8 Å². The maximum absolute atomic E-state index is 12.1. The molecule has 0 aromatic heterocycles. The van der Waals surface area contributed by atoms with Gasteiger partial charge in [0.05, 0.1) is 0 Å². The first-order chi connectivity index (χ1) is 10.1. The van der Waals surface area contributed by atoms with E-state index in [0.29, 0.717) is 5.56 Å². The van der Waals surface area contributed by atoms with Gasteiger partial charge in [-0.25, -0.2) is 0 Å². The molecule has 0 N–H and O–H groups in total. The molecule has 0 heterocycles. The number of hydrogen-bond acceptors (Lipinski definition) is 1. The van der Waals surface area contributed by atoms with Crippen LogP contribution in [0.15, 0.2) is 60.7 Å². The molecule has 1 atom stereocenters. The van der Waals surface area contributed by atoms with Crippen LogP contribution in [-0.4, -0.2) is 10.1 Å². The topological polar surface area (TPSA) is 17.1 Å². The lowest BCUT2D eigenvalue weighted by molar-refractivity contribution is 0.104. The second-order valence-corrected chi connectivity index (χ2v) is 6.79. The van der Waals surface area contributed by atoms with Crippen LogP contribution in [0.3, 0.4) is 0 Å². The van der Waals surface area contributed by atoms with E-state index in [-0.39, 0.29) is 11.7 Å². The summed E-state index contributed by atoms with van der Waals surface area (Å²) in [7, 11) is 0. The summed E-state index contributed by atoms with van der Waals surface area (Å²) in [4.78, 5) is 12.1. The SMILES string of the molecule is O=C(/C=C\c1ccccc1)c1ccc([C@H]2CC2(Cl)Cl)cc1. The van der Waals surface area contributed by atoms with E-state index in [1.807, 2.05) is 60.7 Å². The molecule has 0 aliphatic heterocycles. The van der Waals surface area contributed by atoms with Crippen LogP contribution in [0, 0.1) is 0 Å². The molecule has 2 aromatic carbocycles. The predicted octanol–water partition coefficient (Wildman–Crippen LogP) is 5.24. The van der Waals surface area contributed by atoms with E-state index >= 15 is 0 Å². The Kier molecular flexibility index (Phi) is 3.88. The van der Waals surface area contributed by atoms with Gasteiger partial charge in [0, 0.05) is 11.5 Å². The monoisotopic (exact) mass is 316 g/mol. The Morgan fingerprint density at radius 1 is 1.05 bits per heavy atom. The van der Waals surface area contributed by atoms with E-state index in [0.717, 1.165) is 17.5 Å². The van der Waals surface area contributed by atoms with Crippen molar-refractivity contribution in [2.45, 2.75) is 16.7 Å². The van der Waals surface area contributed by atoms with Gasteiger partial charge < -0.3 is 0 Å². The molecule has 1 saturated carbocycles. The molecule has 1 aliphatic rings. The third kappa shape index (κ3) is 3.37. The molecule has 3 rings (SSSR count). The van der Waals surface area contributed by atoms with Crippen molar-refractivity contribution in [2.24, 2.45) is 0 Å². The van der Waals surface area contributed by atoms with Gasteiger partial charge in [0.1, 0.15) is 4.33 Å². The summed E-state index contributed by atoms with van der Waals surface area (Å²) in [5, 5.41) is 0. The Morgan fingerprint density at radius 3 is 2.24 bits per heavy atom. The zero-order valence-corrected chi connectivity index (χ0v) is 12.8. The molecular formula is C18H14Cl2O. The summed E-state index contributed by atoms with van der Waals surface area (Å²) in [5.41, 5.74) is 2.76.